The lowest BCUT2D eigenvalue weighted by Crippen LogP contribution is -2.54. The topological polar surface area (TPSA) is 92.0 Å². The van der Waals surface area contributed by atoms with Crippen molar-refractivity contribution in [3.63, 3.8) is 0 Å². The molecule has 5 rings (SSSR count). The number of halogens is 1. The summed E-state index contributed by atoms with van der Waals surface area (Å²) in [6, 6.07) is 5.60. The summed E-state index contributed by atoms with van der Waals surface area (Å²) in [5.41, 5.74) is 1.51. The highest BCUT2D eigenvalue weighted by atomic mass is 19.1. The zero-order chi connectivity index (χ0) is 20.9. The summed E-state index contributed by atoms with van der Waals surface area (Å²) in [5, 5.41) is 26.5. The highest BCUT2D eigenvalue weighted by molar-refractivity contribution is 5.68. The standard InChI is InChI=1S/C21H22FN7O/c1-21-6-5-14(25-21)7-16(9-21)28(2)20-23-11-18(26-27-20)17-4-3-15(8-19(17)30)29-12-13(22)10-24-29/h3-6,8,10-12,14,16,25,30H,7,9H2,1-2H3/t14-,16-,21+/m0/s1. The third kappa shape index (κ3) is 3.30. The molecule has 1 saturated heterocycles. The van der Waals surface area contributed by atoms with Gasteiger partial charge in [0.05, 0.1) is 24.3 Å². The van der Waals surface area contributed by atoms with E-state index in [2.05, 4.69) is 49.6 Å². The molecule has 30 heavy (non-hydrogen) atoms. The SMILES string of the molecule is CN(c1ncc(-c2ccc(-n3cc(F)cn3)cc2O)nn1)[C@H]1C[C@@H]2C=C[C@](C)(C1)N2. The number of anilines is 1. The van der Waals surface area contributed by atoms with Crippen LogP contribution in [0, 0.1) is 5.82 Å². The van der Waals surface area contributed by atoms with E-state index in [4.69, 9.17) is 0 Å². The lowest BCUT2D eigenvalue weighted by atomic mass is 9.88. The van der Waals surface area contributed by atoms with Crippen LogP contribution in [0.5, 0.6) is 5.75 Å². The summed E-state index contributed by atoms with van der Waals surface area (Å²) in [4.78, 5) is 6.56. The number of nitrogens with zero attached hydrogens (tertiary/aromatic N) is 6. The molecule has 2 N–H and O–H groups in total. The third-order valence-corrected chi connectivity index (χ3v) is 5.88. The lowest BCUT2D eigenvalue weighted by Gasteiger charge is -2.40. The van der Waals surface area contributed by atoms with Crippen molar-refractivity contribution < 1.29 is 9.50 Å². The number of aromatic hydroxyl groups is 1. The molecule has 2 bridgehead atoms. The van der Waals surface area contributed by atoms with Gasteiger partial charge < -0.3 is 15.3 Å². The van der Waals surface area contributed by atoms with E-state index in [-0.39, 0.29) is 11.3 Å². The van der Waals surface area contributed by atoms with Gasteiger partial charge in [0, 0.05) is 36.3 Å². The van der Waals surface area contributed by atoms with Gasteiger partial charge in [-0.3, -0.25) is 0 Å². The van der Waals surface area contributed by atoms with E-state index < -0.39 is 5.82 Å². The Morgan fingerprint density at radius 1 is 1.30 bits per heavy atom. The number of nitrogens with one attached hydrogen (secondary N) is 1. The van der Waals surface area contributed by atoms with Crippen LogP contribution in [-0.4, -0.2) is 54.7 Å². The van der Waals surface area contributed by atoms with Crippen molar-refractivity contribution in [2.24, 2.45) is 0 Å². The van der Waals surface area contributed by atoms with Gasteiger partial charge in [0.25, 0.3) is 0 Å². The van der Waals surface area contributed by atoms with Crippen LogP contribution < -0.4 is 10.2 Å². The van der Waals surface area contributed by atoms with Crippen LogP contribution in [0.4, 0.5) is 10.3 Å². The molecule has 8 nitrogen and oxygen atoms in total. The second-order valence-corrected chi connectivity index (χ2v) is 8.18. The summed E-state index contributed by atoms with van der Waals surface area (Å²) in [6.45, 7) is 2.20. The van der Waals surface area contributed by atoms with E-state index in [1.807, 2.05) is 7.05 Å². The fourth-order valence-electron chi connectivity index (χ4n) is 4.31. The van der Waals surface area contributed by atoms with E-state index in [0.717, 1.165) is 19.0 Å². The molecule has 0 aliphatic carbocycles. The maximum atomic E-state index is 13.2. The van der Waals surface area contributed by atoms with Crippen LogP contribution in [0.1, 0.15) is 19.8 Å². The molecule has 4 heterocycles. The van der Waals surface area contributed by atoms with Crippen LogP contribution in [-0.2, 0) is 0 Å². The number of aromatic nitrogens is 5. The first-order valence-electron chi connectivity index (χ1n) is 9.84. The first-order valence-corrected chi connectivity index (χ1v) is 9.84. The number of phenolic OH excluding ortho intramolecular Hbond substituents is 1. The maximum absolute atomic E-state index is 13.2. The Morgan fingerprint density at radius 3 is 2.83 bits per heavy atom. The number of piperidine rings is 1. The predicted molar refractivity (Wildman–Crippen MR) is 110 cm³/mol. The molecule has 3 atom stereocenters. The normalized spacial score (nSPS) is 24.9. The van der Waals surface area contributed by atoms with Crippen LogP contribution in [0.3, 0.4) is 0 Å². The van der Waals surface area contributed by atoms with Crippen molar-refractivity contribution in [1.29, 1.82) is 0 Å². The average molecular weight is 407 g/mol. The van der Waals surface area contributed by atoms with E-state index in [1.165, 1.54) is 16.9 Å². The first-order chi connectivity index (χ1) is 14.4. The molecule has 1 fully saturated rings. The highest BCUT2D eigenvalue weighted by Gasteiger charge is 2.40. The smallest absolute Gasteiger partial charge is 0.245 e. The zero-order valence-corrected chi connectivity index (χ0v) is 16.7. The van der Waals surface area contributed by atoms with E-state index in [0.29, 0.717) is 35.0 Å². The van der Waals surface area contributed by atoms with Gasteiger partial charge in [-0.2, -0.15) is 5.10 Å². The van der Waals surface area contributed by atoms with Crippen molar-refractivity contribution in [2.45, 2.75) is 37.4 Å². The molecule has 2 aromatic heterocycles. The van der Waals surface area contributed by atoms with Gasteiger partial charge in [-0.25, -0.2) is 14.1 Å². The van der Waals surface area contributed by atoms with Crippen LogP contribution in [0.25, 0.3) is 16.9 Å². The first kappa shape index (κ1) is 18.7. The van der Waals surface area contributed by atoms with Crippen LogP contribution in [0.2, 0.25) is 0 Å². The van der Waals surface area contributed by atoms with Crippen LogP contribution >= 0.6 is 0 Å². The minimum atomic E-state index is -0.445. The summed E-state index contributed by atoms with van der Waals surface area (Å²) < 4.78 is 14.5. The second-order valence-electron chi connectivity index (χ2n) is 8.18. The number of phenols is 1. The van der Waals surface area contributed by atoms with Gasteiger partial charge in [0.1, 0.15) is 11.4 Å². The number of hydrogen-bond donors (Lipinski definition) is 2. The van der Waals surface area contributed by atoms with E-state index in [1.54, 1.807) is 18.3 Å². The maximum Gasteiger partial charge on any atom is 0.245 e. The molecule has 0 radical (unpaired) electrons. The van der Waals surface area contributed by atoms with Crippen molar-refractivity contribution >= 4 is 5.95 Å². The quantitative estimate of drug-likeness (QED) is 0.642. The average Bonchev–Trinajstić information content (AvgIpc) is 3.29. The van der Waals surface area contributed by atoms with Gasteiger partial charge in [-0.1, -0.05) is 12.2 Å². The molecule has 0 spiro atoms. The second kappa shape index (κ2) is 6.88. The highest BCUT2D eigenvalue weighted by Crippen LogP contribution is 2.33. The third-order valence-electron chi connectivity index (χ3n) is 5.88. The van der Waals surface area contributed by atoms with Gasteiger partial charge >= 0.3 is 0 Å². The van der Waals surface area contributed by atoms with Gasteiger partial charge in [-0.15, -0.1) is 10.2 Å². The largest absolute Gasteiger partial charge is 0.507 e. The Bertz CT molecular complexity index is 1110. The van der Waals surface area contributed by atoms with Gasteiger partial charge in [-0.05, 0) is 31.9 Å². The van der Waals surface area contributed by atoms with Crippen molar-refractivity contribution in [2.75, 3.05) is 11.9 Å². The van der Waals surface area contributed by atoms with Crippen molar-refractivity contribution in [3.8, 4) is 22.7 Å². The Balaban J connectivity index is 1.35. The molecular weight excluding hydrogens is 385 g/mol. The van der Waals surface area contributed by atoms with Gasteiger partial charge in [0.15, 0.2) is 5.82 Å². The number of rotatable bonds is 4. The van der Waals surface area contributed by atoms with Crippen molar-refractivity contribution in [1.82, 2.24) is 30.3 Å². The molecule has 2 aliphatic rings. The predicted octanol–water partition coefficient (Wildman–Crippen LogP) is 2.45. The zero-order valence-electron chi connectivity index (χ0n) is 16.7. The van der Waals surface area contributed by atoms with Crippen LogP contribution in [0.15, 0.2) is 48.9 Å². The van der Waals surface area contributed by atoms with Gasteiger partial charge in [0.2, 0.25) is 5.95 Å². The summed E-state index contributed by atoms with van der Waals surface area (Å²) >= 11 is 0. The fourth-order valence-corrected chi connectivity index (χ4v) is 4.31. The molecule has 0 amide bonds. The minimum Gasteiger partial charge on any atom is -0.507 e. The molecule has 0 saturated carbocycles. The molecule has 9 heteroatoms. The summed E-state index contributed by atoms with van der Waals surface area (Å²) in [6.07, 6.45) is 10.4. The monoisotopic (exact) mass is 407 g/mol. The Kier molecular flexibility index (Phi) is 4.28. The number of hydrogen-bond acceptors (Lipinski definition) is 7. The molecule has 3 aromatic rings. The summed E-state index contributed by atoms with van der Waals surface area (Å²) in [5.74, 6) is 0.103. The fraction of sp³-hybridized carbons (Fsp3) is 0.333. The molecule has 1 aromatic carbocycles. The molecule has 0 unspecified atom stereocenters. The Labute approximate surface area is 173 Å². The molecular formula is C21H22FN7O. The Hall–Kier alpha value is -3.33. The number of benzene rings is 1. The van der Waals surface area contributed by atoms with E-state index >= 15 is 0 Å². The number of fused-ring (bicyclic) bond motifs is 2. The molecule has 2 aliphatic heterocycles. The van der Waals surface area contributed by atoms with Crippen molar-refractivity contribution in [3.05, 3.63) is 54.8 Å². The summed E-state index contributed by atoms with van der Waals surface area (Å²) in [7, 11) is 1.99. The lowest BCUT2D eigenvalue weighted by molar-refractivity contribution is 0.289. The van der Waals surface area contributed by atoms with E-state index in [9.17, 15) is 9.50 Å². The molecule has 154 valence electrons. The Morgan fingerprint density at radius 2 is 2.17 bits per heavy atom. The minimum absolute atomic E-state index is 0.00505.